The van der Waals surface area contributed by atoms with E-state index in [0.717, 1.165) is 57.6 Å². The Labute approximate surface area is 186 Å². The van der Waals surface area contributed by atoms with Crippen LogP contribution >= 0.6 is 0 Å². The van der Waals surface area contributed by atoms with Gasteiger partial charge >= 0.3 is 0 Å². The first-order chi connectivity index (χ1) is 15.0. The molecule has 2 aliphatic heterocycles. The summed E-state index contributed by atoms with van der Waals surface area (Å²) in [5.41, 5.74) is 1.38. The van der Waals surface area contributed by atoms with E-state index in [0.29, 0.717) is 24.6 Å². The van der Waals surface area contributed by atoms with Crippen molar-refractivity contribution in [3.8, 4) is 5.75 Å². The second kappa shape index (κ2) is 9.76. The first-order valence-corrected chi connectivity index (χ1v) is 11.7. The maximum atomic E-state index is 5.96. The highest BCUT2D eigenvalue weighted by Crippen LogP contribution is 2.52. The predicted octanol–water partition coefficient (Wildman–Crippen LogP) is 2.44. The number of ether oxygens (including phenoxy) is 3. The number of nitrogens with zero attached hydrogens (tertiary/aromatic N) is 2. The van der Waals surface area contributed by atoms with E-state index in [4.69, 9.17) is 19.2 Å². The Morgan fingerprint density at radius 2 is 1.97 bits per heavy atom. The van der Waals surface area contributed by atoms with Crippen molar-refractivity contribution in [3.05, 3.63) is 29.8 Å². The first-order valence-electron chi connectivity index (χ1n) is 11.7. The fourth-order valence-electron chi connectivity index (χ4n) is 5.41. The molecule has 2 N–H and O–H groups in total. The second-order valence-corrected chi connectivity index (χ2v) is 9.34. The number of hydrogen-bond donors (Lipinski definition) is 2. The topological polar surface area (TPSA) is 67.4 Å². The Morgan fingerprint density at radius 3 is 2.65 bits per heavy atom. The van der Waals surface area contributed by atoms with Gasteiger partial charge in [0.2, 0.25) is 0 Å². The van der Waals surface area contributed by atoms with E-state index in [1.807, 2.05) is 12.1 Å². The van der Waals surface area contributed by atoms with Gasteiger partial charge in [-0.05, 0) is 31.0 Å². The minimum atomic E-state index is 0.122. The molecule has 172 valence electrons. The van der Waals surface area contributed by atoms with E-state index in [1.54, 1.807) is 7.11 Å². The lowest BCUT2D eigenvalue weighted by Crippen LogP contribution is -2.68. The van der Waals surface area contributed by atoms with Crippen molar-refractivity contribution in [2.24, 2.45) is 16.3 Å². The highest BCUT2D eigenvalue weighted by Gasteiger charge is 2.59. The average Bonchev–Trinajstić information content (AvgIpc) is 3.26. The number of fused-ring (bicyclic) bond motifs is 1. The van der Waals surface area contributed by atoms with E-state index in [2.05, 4.69) is 48.4 Å². The minimum Gasteiger partial charge on any atom is -0.497 e. The maximum Gasteiger partial charge on any atom is 0.191 e. The van der Waals surface area contributed by atoms with Crippen molar-refractivity contribution in [3.63, 3.8) is 0 Å². The van der Waals surface area contributed by atoms with Crippen molar-refractivity contribution < 1.29 is 14.2 Å². The molecule has 7 heteroatoms. The molecule has 1 aromatic rings. The number of guanidine groups is 1. The number of rotatable bonds is 7. The van der Waals surface area contributed by atoms with E-state index >= 15 is 0 Å². The standard InChI is InChI=1S/C24H38N4O3/c1-5-25-23(27-21-19-10-13-31-22(19)24(21,2)3)26-16-20(28-11-14-30-15-12-28)17-6-8-18(29-4)9-7-17/h6-9,19-22H,5,10-16H2,1-4H3,(H2,25,26,27). The molecule has 2 heterocycles. The van der Waals surface area contributed by atoms with E-state index < -0.39 is 0 Å². The van der Waals surface area contributed by atoms with E-state index in [9.17, 15) is 0 Å². The van der Waals surface area contributed by atoms with Crippen LogP contribution in [0.25, 0.3) is 0 Å². The summed E-state index contributed by atoms with van der Waals surface area (Å²) < 4.78 is 16.9. The van der Waals surface area contributed by atoms with Gasteiger partial charge in [0, 0.05) is 43.6 Å². The molecule has 1 saturated carbocycles. The van der Waals surface area contributed by atoms with E-state index in [1.165, 1.54) is 5.56 Å². The summed E-state index contributed by atoms with van der Waals surface area (Å²) in [6.07, 6.45) is 1.50. The predicted molar refractivity (Wildman–Crippen MR) is 123 cm³/mol. The number of aliphatic imine (C=N–C) groups is 1. The van der Waals surface area contributed by atoms with Crippen LogP contribution in [0, 0.1) is 11.3 Å². The third-order valence-electron chi connectivity index (χ3n) is 7.15. The van der Waals surface area contributed by atoms with Crippen LogP contribution in [0.2, 0.25) is 0 Å². The Kier molecular flexibility index (Phi) is 7.04. The zero-order chi connectivity index (χ0) is 21.8. The fraction of sp³-hybridized carbons (Fsp3) is 0.708. The van der Waals surface area contributed by atoms with Gasteiger partial charge < -0.3 is 24.8 Å². The monoisotopic (exact) mass is 430 g/mol. The lowest BCUT2D eigenvalue weighted by Gasteiger charge is -2.55. The summed E-state index contributed by atoms with van der Waals surface area (Å²) in [5.74, 6) is 2.36. The molecule has 31 heavy (non-hydrogen) atoms. The zero-order valence-corrected chi connectivity index (χ0v) is 19.4. The van der Waals surface area contributed by atoms with Gasteiger partial charge in [-0.2, -0.15) is 0 Å². The normalized spacial score (nSPS) is 29.0. The molecule has 3 fully saturated rings. The van der Waals surface area contributed by atoms with Crippen LogP contribution in [0.5, 0.6) is 5.75 Å². The quantitative estimate of drug-likeness (QED) is 0.512. The van der Waals surface area contributed by atoms with Gasteiger partial charge in [-0.25, -0.2) is 0 Å². The Bertz CT molecular complexity index is 746. The summed E-state index contributed by atoms with van der Waals surface area (Å²) in [7, 11) is 1.70. The van der Waals surface area contributed by atoms with E-state index in [-0.39, 0.29) is 11.5 Å². The highest BCUT2D eigenvalue weighted by atomic mass is 16.5. The van der Waals surface area contributed by atoms with Gasteiger partial charge in [0.1, 0.15) is 5.75 Å². The van der Waals surface area contributed by atoms with Crippen molar-refractivity contribution >= 4 is 5.96 Å². The molecule has 1 aliphatic carbocycles. The molecule has 7 nitrogen and oxygen atoms in total. The van der Waals surface area contributed by atoms with Crippen LogP contribution in [-0.4, -0.2) is 76.1 Å². The van der Waals surface area contributed by atoms with Gasteiger partial charge in [-0.1, -0.05) is 26.0 Å². The Hall–Kier alpha value is -1.83. The molecule has 0 bridgehead atoms. The number of benzene rings is 1. The largest absolute Gasteiger partial charge is 0.497 e. The molecule has 0 spiro atoms. The molecule has 1 aromatic carbocycles. The minimum absolute atomic E-state index is 0.122. The molecule has 0 amide bonds. The molecule has 4 atom stereocenters. The Balaban J connectivity index is 1.50. The van der Waals surface area contributed by atoms with Crippen LogP contribution in [0.3, 0.4) is 0 Å². The lowest BCUT2D eigenvalue weighted by molar-refractivity contribution is -0.106. The molecule has 0 radical (unpaired) electrons. The van der Waals surface area contributed by atoms with Gasteiger partial charge in [-0.15, -0.1) is 0 Å². The number of hydrogen-bond acceptors (Lipinski definition) is 5. The molecule has 4 rings (SSSR count). The number of nitrogens with one attached hydrogen (secondary N) is 2. The summed E-state index contributed by atoms with van der Waals surface area (Å²) in [6, 6.07) is 8.98. The summed E-state index contributed by atoms with van der Waals surface area (Å²) in [6.45, 7) is 12.5. The van der Waals surface area contributed by atoms with Crippen molar-refractivity contribution in [2.75, 3.05) is 53.1 Å². The third kappa shape index (κ3) is 4.69. The third-order valence-corrected chi connectivity index (χ3v) is 7.15. The molecule has 2 saturated heterocycles. The van der Waals surface area contributed by atoms with Crippen molar-refractivity contribution in [1.29, 1.82) is 0 Å². The molecule has 0 aromatic heterocycles. The van der Waals surface area contributed by atoms with Gasteiger partial charge in [-0.3, -0.25) is 9.89 Å². The van der Waals surface area contributed by atoms with Crippen LogP contribution in [-0.2, 0) is 9.47 Å². The highest BCUT2D eigenvalue weighted by molar-refractivity contribution is 5.80. The smallest absolute Gasteiger partial charge is 0.191 e. The molecular weight excluding hydrogens is 392 g/mol. The maximum absolute atomic E-state index is 5.96. The molecular formula is C24H38N4O3. The lowest BCUT2D eigenvalue weighted by atomic mass is 9.57. The summed E-state index contributed by atoms with van der Waals surface area (Å²) in [5, 5.41) is 7.20. The van der Waals surface area contributed by atoms with Crippen LogP contribution in [0.1, 0.15) is 38.8 Å². The van der Waals surface area contributed by atoms with Gasteiger partial charge in [0.05, 0.1) is 39.0 Å². The van der Waals surface area contributed by atoms with Gasteiger partial charge in [0.25, 0.3) is 0 Å². The van der Waals surface area contributed by atoms with Crippen molar-refractivity contribution in [2.45, 2.75) is 45.4 Å². The number of morpholine rings is 1. The number of methoxy groups -OCH3 is 1. The summed E-state index contributed by atoms with van der Waals surface area (Å²) in [4.78, 5) is 7.53. The molecule has 3 aliphatic rings. The molecule has 4 unspecified atom stereocenters. The van der Waals surface area contributed by atoms with Crippen LogP contribution in [0.15, 0.2) is 29.3 Å². The SMILES string of the molecule is CCNC(=NCC(c1ccc(OC)cc1)N1CCOCC1)NC1C2CCOC2C1(C)C. The van der Waals surface area contributed by atoms with Crippen molar-refractivity contribution in [1.82, 2.24) is 15.5 Å². The fourth-order valence-corrected chi connectivity index (χ4v) is 5.41. The zero-order valence-electron chi connectivity index (χ0n) is 19.4. The average molecular weight is 431 g/mol. The Morgan fingerprint density at radius 1 is 1.23 bits per heavy atom. The van der Waals surface area contributed by atoms with Gasteiger partial charge in [0.15, 0.2) is 5.96 Å². The first kappa shape index (κ1) is 22.4. The summed E-state index contributed by atoms with van der Waals surface area (Å²) >= 11 is 0. The van der Waals surface area contributed by atoms with Crippen LogP contribution in [0.4, 0.5) is 0 Å². The van der Waals surface area contributed by atoms with Crippen LogP contribution < -0.4 is 15.4 Å². The second-order valence-electron chi connectivity index (χ2n) is 9.34.